The normalized spacial score (nSPS) is 17.3. The molecule has 0 bridgehead atoms. The molecule has 0 heterocycles. The first-order valence-corrected chi connectivity index (χ1v) is 24.5. The third-order valence-corrected chi connectivity index (χ3v) is 16.0. The van der Waals surface area contributed by atoms with Gasteiger partial charge in [0.1, 0.15) is 0 Å². The Morgan fingerprint density at radius 2 is 0.875 bits per heavy atom. The summed E-state index contributed by atoms with van der Waals surface area (Å²) < 4.78 is 0. The van der Waals surface area contributed by atoms with E-state index >= 15 is 0 Å². The largest absolute Gasteiger partial charge is 0.310 e. The van der Waals surface area contributed by atoms with E-state index in [1.165, 1.54) is 165 Å². The molecule has 2 nitrogen and oxygen atoms in total. The molecule has 2 saturated carbocycles. The van der Waals surface area contributed by atoms with Gasteiger partial charge in [-0.2, -0.15) is 0 Å². The number of aryl methyl sites for hydroxylation is 1. The highest BCUT2D eigenvalue weighted by atomic mass is 15.1. The third kappa shape index (κ3) is 6.74. The Balaban J connectivity index is 1.00. The van der Waals surface area contributed by atoms with Crippen LogP contribution in [0.1, 0.15) is 148 Å². The van der Waals surface area contributed by atoms with E-state index in [1.54, 1.807) is 0 Å². The molecule has 11 rings (SSSR count). The molecule has 0 spiro atoms. The van der Waals surface area contributed by atoms with Gasteiger partial charge in [-0.15, -0.1) is 0 Å². The van der Waals surface area contributed by atoms with Crippen LogP contribution in [0.4, 0.5) is 34.1 Å². The number of rotatable bonds is 8. The number of hydrogen-bond acceptors (Lipinski definition) is 2. The minimum Gasteiger partial charge on any atom is -0.310 e. The fourth-order valence-corrected chi connectivity index (χ4v) is 12.9. The topological polar surface area (TPSA) is 6.48 Å². The van der Waals surface area contributed by atoms with Crippen LogP contribution in [-0.2, 0) is 10.8 Å². The van der Waals surface area contributed by atoms with Crippen LogP contribution >= 0.6 is 0 Å². The summed E-state index contributed by atoms with van der Waals surface area (Å²) in [5, 5.41) is 0. The van der Waals surface area contributed by atoms with Gasteiger partial charge in [0.25, 0.3) is 0 Å². The maximum Gasteiger partial charge on any atom is 0.0467 e. The van der Waals surface area contributed by atoms with Crippen LogP contribution in [0.15, 0.2) is 146 Å². The second kappa shape index (κ2) is 16.0. The lowest BCUT2D eigenvalue weighted by Gasteiger charge is -2.30. The number of para-hydroxylation sites is 2. The summed E-state index contributed by atoms with van der Waals surface area (Å²) in [5.41, 5.74) is 24.1. The van der Waals surface area contributed by atoms with Crippen LogP contribution in [0.3, 0.4) is 0 Å². The van der Waals surface area contributed by atoms with Gasteiger partial charge in [0, 0.05) is 45.0 Å². The van der Waals surface area contributed by atoms with Crippen molar-refractivity contribution >= 4 is 34.1 Å². The smallest absolute Gasteiger partial charge is 0.0467 e. The van der Waals surface area contributed by atoms with Crippen LogP contribution in [0.2, 0.25) is 0 Å². The molecule has 0 N–H and O–H groups in total. The lowest BCUT2D eigenvalue weighted by atomic mass is 9.76. The van der Waals surface area contributed by atoms with Gasteiger partial charge in [0.05, 0.1) is 0 Å². The van der Waals surface area contributed by atoms with Gasteiger partial charge in [-0.05, 0) is 197 Å². The van der Waals surface area contributed by atoms with Crippen molar-refractivity contribution in [2.24, 2.45) is 0 Å². The number of fused-ring (bicyclic) bond motifs is 6. The lowest BCUT2D eigenvalue weighted by Crippen LogP contribution is -2.19. The second-order valence-electron chi connectivity index (χ2n) is 20.7. The van der Waals surface area contributed by atoms with Gasteiger partial charge in [0.2, 0.25) is 0 Å². The van der Waals surface area contributed by atoms with E-state index in [4.69, 9.17) is 0 Å². The first-order valence-electron chi connectivity index (χ1n) is 24.5. The van der Waals surface area contributed by atoms with Gasteiger partial charge in [-0.3, -0.25) is 0 Å². The molecule has 0 atom stereocenters. The van der Waals surface area contributed by atoms with Gasteiger partial charge in [-0.1, -0.05) is 133 Å². The fraction of sp³-hybridized carbons (Fsp3) is 0.323. The Hall–Kier alpha value is -5.86. The van der Waals surface area contributed by atoms with E-state index in [-0.39, 0.29) is 10.8 Å². The average Bonchev–Trinajstić information content (AvgIpc) is 3.70. The molecule has 7 aromatic carbocycles. The van der Waals surface area contributed by atoms with Crippen LogP contribution in [0.5, 0.6) is 0 Å². The monoisotopic (exact) mass is 837 g/mol. The van der Waals surface area contributed by atoms with Crippen LogP contribution in [0.25, 0.3) is 22.3 Å². The molecule has 0 saturated heterocycles. The third-order valence-electron chi connectivity index (χ3n) is 16.0. The first kappa shape index (κ1) is 40.9. The van der Waals surface area contributed by atoms with Crippen molar-refractivity contribution in [3.05, 3.63) is 190 Å². The molecular formula is C62H64N2. The average molecular weight is 837 g/mol. The summed E-state index contributed by atoms with van der Waals surface area (Å²) in [4.78, 5) is 5.00. The highest BCUT2D eigenvalue weighted by Crippen LogP contribution is 2.60. The number of benzene rings is 7. The molecule has 0 aromatic heterocycles. The van der Waals surface area contributed by atoms with E-state index in [2.05, 4.69) is 197 Å². The zero-order valence-corrected chi connectivity index (χ0v) is 39.0. The maximum absolute atomic E-state index is 2.60. The van der Waals surface area contributed by atoms with Gasteiger partial charge in [0.15, 0.2) is 0 Å². The molecule has 322 valence electrons. The number of nitrogens with zero attached hydrogens (tertiary/aromatic N) is 2. The van der Waals surface area contributed by atoms with E-state index in [1.807, 2.05) is 0 Å². The van der Waals surface area contributed by atoms with Gasteiger partial charge >= 0.3 is 0 Å². The van der Waals surface area contributed by atoms with Crippen molar-refractivity contribution in [1.29, 1.82) is 0 Å². The Labute approximate surface area is 383 Å². The van der Waals surface area contributed by atoms with Crippen molar-refractivity contribution < 1.29 is 0 Å². The van der Waals surface area contributed by atoms with Crippen molar-refractivity contribution in [1.82, 2.24) is 0 Å². The maximum atomic E-state index is 2.60. The van der Waals surface area contributed by atoms with E-state index in [9.17, 15) is 0 Å². The van der Waals surface area contributed by atoms with Crippen molar-refractivity contribution in [3.63, 3.8) is 0 Å². The van der Waals surface area contributed by atoms with Gasteiger partial charge < -0.3 is 9.80 Å². The summed E-state index contributed by atoms with van der Waals surface area (Å²) in [6, 6.07) is 55.8. The molecule has 7 aromatic rings. The predicted octanol–water partition coefficient (Wildman–Crippen LogP) is 18.0. The molecule has 2 heteroatoms. The lowest BCUT2D eigenvalue weighted by molar-refractivity contribution is 0.443. The minimum atomic E-state index is -0.183. The zero-order chi connectivity index (χ0) is 43.7. The highest BCUT2D eigenvalue weighted by molar-refractivity contribution is 5.95. The Kier molecular flexibility index (Phi) is 10.2. The SMILES string of the molecule is Cc1cc(N(c2ccccc2)c2cccc(C3CCCCC3)c2)cc2c1-c1cc3c(c(C)c1C2(C)C)-c1ccc(N(c2ccccc2)c2cccc(C4CCCCC4)c2)cc1C3(C)C. The summed E-state index contributed by atoms with van der Waals surface area (Å²) in [6.07, 6.45) is 13.3. The summed E-state index contributed by atoms with van der Waals surface area (Å²) in [6.45, 7) is 14.6. The van der Waals surface area contributed by atoms with Crippen molar-refractivity contribution in [2.75, 3.05) is 9.80 Å². The molecule has 2 fully saturated rings. The van der Waals surface area contributed by atoms with Crippen molar-refractivity contribution in [2.45, 2.75) is 128 Å². The molecule has 64 heavy (non-hydrogen) atoms. The molecule has 0 amide bonds. The highest BCUT2D eigenvalue weighted by Gasteiger charge is 2.44. The zero-order valence-electron chi connectivity index (χ0n) is 39.0. The molecule has 0 aliphatic heterocycles. The van der Waals surface area contributed by atoms with Crippen molar-refractivity contribution in [3.8, 4) is 22.3 Å². The number of anilines is 6. The van der Waals surface area contributed by atoms with E-state index < -0.39 is 0 Å². The second-order valence-corrected chi connectivity index (χ2v) is 20.7. The predicted molar refractivity (Wildman–Crippen MR) is 272 cm³/mol. The molecule has 0 radical (unpaired) electrons. The first-order chi connectivity index (χ1) is 31.1. The number of hydrogen-bond donors (Lipinski definition) is 0. The van der Waals surface area contributed by atoms with Gasteiger partial charge in [-0.25, -0.2) is 0 Å². The van der Waals surface area contributed by atoms with Crippen LogP contribution < -0.4 is 9.80 Å². The molecule has 0 unspecified atom stereocenters. The van der Waals surface area contributed by atoms with E-state index in [0.717, 1.165) is 0 Å². The fourth-order valence-electron chi connectivity index (χ4n) is 12.9. The molecular weight excluding hydrogens is 773 g/mol. The summed E-state index contributed by atoms with van der Waals surface area (Å²) >= 11 is 0. The Morgan fingerprint density at radius 1 is 0.391 bits per heavy atom. The summed E-state index contributed by atoms with van der Waals surface area (Å²) in [7, 11) is 0. The summed E-state index contributed by atoms with van der Waals surface area (Å²) in [5.74, 6) is 1.30. The Morgan fingerprint density at radius 3 is 1.44 bits per heavy atom. The Bertz CT molecular complexity index is 2870. The standard InChI is InChI=1S/C62H64N2/c1-41-35-52(64(48-29-17-10-18-30-48)50-32-20-26-46(37-50)44-23-13-8-14-24-44)39-56-58(41)54-40-57-59(42(2)60(54)62(56,5)6)53-34-33-51(38-55(53)61(57,3)4)63(47-27-15-9-16-28-47)49-31-19-25-45(36-49)43-21-11-7-12-22-43/h9-10,15-20,25-40,43-44H,7-8,11-14,21-24H2,1-6H3. The quantitative estimate of drug-likeness (QED) is 0.150. The molecule has 4 aliphatic rings. The van der Waals surface area contributed by atoms with E-state index in [0.29, 0.717) is 11.8 Å². The van der Waals surface area contributed by atoms with Crippen LogP contribution in [-0.4, -0.2) is 0 Å². The van der Waals surface area contributed by atoms with Crippen LogP contribution in [0, 0.1) is 13.8 Å². The molecule has 4 aliphatic carbocycles. The minimum absolute atomic E-state index is 0.180.